The fraction of sp³-hybridized carbons (Fsp3) is 0.922. The number of aliphatic hydroxyl groups excluding tert-OH is 6. The first-order valence-corrected chi connectivity index (χ1v) is 32.2. The number of aliphatic hydroxyl groups is 6. The van der Waals surface area contributed by atoms with E-state index in [1.807, 2.05) is 6.08 Å². The molecular weight excluding hydrogens is 927 g/mol. The van der Waals surface area contributed by atoms with E-state index in [9.17, 15) is 35.4 Å². The second-order valence-electron chi connectivity index (χ2n) is 22.7. The summed E-state index contributed by atoms with van der Waals surface area (Å²) in [6.45, 7) is 3.62. The molecule has 1 aliphatic rings. The van der Waals surface area contributed by atoms with Crippen molar-refractivity contribution in [1.29, 1.82) is 0 Å². The normalized spacial score (nSPS) is 19.5. The summed E-state index contributed by atoms with van der Waals surface area (Å²) in [6, 6.07) is -0.994. The number of allylic oxidation sites excluding steroid dienone is 3. The van der Waals surface area contributed by atoms with Gasteiger partial charge in [-0.25, -0.2) is 0 Å². The molecule has 1 fully saturated rings. The molecule has 1 rings (SSSR count). The summed E-state index contributed by atoms with van der Waals surface area (Å²) in [7, 11) is 0. The van der Waals surface area contributed by atoms with Crippen molar-refractivity contribution in [3.63, 3.8) is 0 Å². The van der Waals surface area contributed by atoms with Crippen LogP contribution in [0.5, 0.6) is 0 Å². The molecule has 0 aromatic carbocycles. The van der Waals surface area contributed by atoms with Gasteiger partial charge in [0.15, 0.2) is 6.29 Å². The summed E-state index contributed by atoms with van der Waals surface area (Å²) in [5.41, 5.74) is 0. The number of ether oxygens (including phenoxy) is 2. The Balaban J connectivity index is 2.08. The lowest BCUT2D eigenvalue weighted by Crippen LogP contribution is -2.60. The molecule has 74 heavy (non-hydrogen) atoms. The number of amides is 1. The smallest absolute Gasteiger partial charge is 0.249 e. The molecule has 1 heterocycles. The Kier molecular flexibility index (Phi) is 51.2. The fourth-order valence-corrected chi connectivity index (χ4v) is 10.5. The van der Waals surface area contributed by atoms with Crippen molar-refractivity contribution in [1.82, 2.24) is 5.32 Å². The first kappa shape index (κ1) is 70.6. The summed E-state index contributed by atoms with van der Waals surface area (Å²) < 4.78 is 11.2. The molecule has 0 aromatic heterocycles. The van der Waals surface area contributed by atoms with Crippen molar-refractivity contribution in [3.05, 3.63) is 24.3 Å². The van der Waals surface area contributed by atoms with Crippen LogP contribution in [-0.4, -0.2) is 98.7 Å². The number of hydrogen-bond acceptors (Lipinski definition) is 9. The van der Waals surface area contributed by atoms with Crippen LogP contribution in [0.2, 0.25) is 0 Å². The van der Waals surface area contributed by atoms with Crippen LogP contribution in [0.1, 0.15) is 316 Å². The highest BCUT2D eigenvalue weighted by Gasteiger charge is 2.44. The van der Waals surface area contributed by atoms with Crippen LogP contribution >= 0.6 is 0 Å². The molecule has 1 amide bonds. The average molecular weight is 1050 g/mol. The molecule has 0 saturated carbocycles. The van der Waals surface area contributed by atoms with E-state index in [4.69, 9.17) is 9.47 Å². The Morgan fingerprint density at radius 1 is 0.459 bits per heavy atom. The quantitative estimate of drug-likeness (QED) is 0.0232. The van der Waals surface area contributed by atoms with Gasteiger partial charge >= 0.3 is 0 Å². The van der Waals surface area contributed by atoms with E-state index >= 15 is 0 Å². The van der Waals surface area contributed by atoms with Crippen molar-refractivity contribution < 1.29 is 44.9 Å². The molecule has 0 aliphatic carbocycles. The van der Waals surface area contributed by atoms with Crippen molar-refractivity contribution in [2.75, 3.05) is 13.2 Å². The van der Waals surface area contributed by atoms with Crippen LogP contribution in [0.25, 0.3) is 0 Å². The zero-order valence-corrected chi connectivity index (χ0v) is 48.5. The van der Waals surface area contributed by atoms with Crippen molar-refractivity contribution >= 4 is 5.91 Å². The second-order valence-corrected chi connectivity index (χ2v) is 22.7. The van der Waals surface area contributed by atoms with Crippen LogP contribution < -0.4 is 5.32 Å². The maximum atomic E-state index is 13.1. The monoisotopic (exact) mass is 1050 g/mol. The van der Waals surface area contributed by atoms with Gasteiger partial charge in [-0.15, -0.1) is 0 Å². The molecule has 8 atom stereocenters. The third kappa shape index (κ3) is 41.7. The first-order valence-electron chi connectivity index (χ1n) is 32.2. The van der Waals surface area contributed by atoms with Crippen LogP contribution in [0.4, 0.5) is 0 Å². The molecular formula is C64H123NO9. The Hall–Kier alpha value is -1.37. The SMILES string of the molecule is CCCCCCCCC/C=C/CC/C=C/C(O)C(COC1OC(CO)C(O)C(O)C1O)NC(=O)C(O)CCCCCCCCCCCCCCCCCCCCCCCCCCCCCCCCCCCCCC. The summed E-state index contributed by atoms with van der Waals surface area (Å²) in [5, 5.41) is 65.0. The highest BCUT2D eigenvalue weighted by atomic mass is 16.7. The van der Waals surface area contributed by atoms with Gasteiger partial charge in [0.1, 0.15) is 30.5 Å². The predicted octanol–water partition coefficient (Wildman–Crippen LogP) is 15.5. The van der Waals surface area contributed by atoms with Gasteiger partial charge in [0.25, 0.3) is 0 Å². The molecule has 438 valence electrons. The second kappa shape index (κ2) is 53.6. The highest BCUT2D eigenvalue weighted by Crippen LogP contribution is 2.23. The molecule has 1 saturated heterocycles. The molecule has 1 aliphatic heterocycles. The zero-order valence-electron chi connectivity index (χ0n) is 48.5. The van der Waals surface area contributed by atoms with Crippen LogP contribution in [-0.2, 0) is 14.3 Å². The standard InChI is InChI=1S/C64H123NO9/c1-3-5-7-9-11-13-15-17-18-19-20-21-22-23-24-25-26-27-28-29-30-31-32-33-34-35-36-37-38-39-41-43-45-47-49-51-53-58(68)63(72)65-56(55-73-64-62(71)61(70)60(69)59(54-66)74-64)57(67)52-50-48-46-44-42-40-16-14-12-10-8-6-4-2/h42,44,50,52,56-62,64,66-71H,3-41,43,45-49,51,53-55H2,1-2H3,(H,65,72)/b44-42+,52-50+. The number of carbonyl (C=O) groups excluding carboxylic acids is 1. The fourth-order valence-electron chi connectivity index (χ4n) is 10.5. The van der Waals surface area contributed by atoms with Gasteiger partial charge in [-0.05, 0) is 32.1 Å². The average Bonchev–Trinajstić information content (AvgIpc) is 3.40. The number of hydrogen-bond donors (Lipinski definition) is 7. The van der Waals surface area contributed by atoms with Crippen LogP contribution in [0.15, 0.2) is 24.3 Å². The minimum Gasteiger partial charge on any atom is -0.394 e. The number of unbranched alkanes of at least 4 members (excludes halogenated alkanes) is 43. The number of nitrogens with one attached hydrogen (secondary N) is 1. The molecule has 0 radical (unpaired) electrons. The van der Waals surface area contributed by atoms with E-state index in [0.29, 0.717) is 12.8 Å². The van der Waals surface area contributed by atoms with Gasteiger partial charge < -0.3 is 45.4 Å². The third-order valence-electron chi connectivity index (χ3n) is 15.6. The topological polar surface area (TPSA) is 169 Å². The first-order chi connectivity index (χ1) is 36.3. The lowest BCUT2D eigenvalue weighted by atomic mass is 9.99. The van der Waals surface area contributed by atoms with E-state index in [-0.39, 0.29) is 6.61 Å². The Labute approximate surface area is 456 Å². The predicted molar refractivity (Wildman–Crippen MR) is 310 cm³/mol. The van der Waals surface area contributed by atoms with E-state index in [2.05, 4.69) is 31.3 Å². The summed E-state index contributed by atoms with van der Waals surface area (Å²) in [4.78, 5) is 13.1. The number of rotatable bonds is 56. The maximum absolute atomic E-state index is 13.1. The molecule has 8 unspecified atom stereocenters. The van der Waals surface area contributed by atoms with E-state index < -0.39 is 61.5 Å². The molecule has 0 bridgehead atoms. The van der Waals surface area contributed by atoms with Gasteiger partial charge in [-0.3, -0.25) is 4.79 Å². The van der Waals surface area contributed by atoms with Crippen LogP contribution in [0, 0.1) is 0 Å². The lowest BCUT2D eigenvalue weighted by Gasteiger charge is -2.40. The molecule has 10 nitrogen and oxygen atoms in total. The Morgan fingerprint density at radius 2 is 0.797 bits per heavy atom. The van der Waals surface area contributed by atoms with E-state index in [1.165, 1.54) is 250 Å². The highest BCUT2D eigenvalue weighted by molar-refractivity contribution is 5.80. The Morgan fingerprint density at radius 3 is 1.18 bits per heavy atom. The van der Waals surface area contributed by atoms with E-state index in [1.54, 1.807) is 6.08 Å². The summed E-state index contributed by atoms with van der Waals surface area (Å²) in [5.74, 6) is -0.621. The van der Waals surface area contributed by atoms with Crippen molar-refractivity contribution in [2.45, 2.75) is 365 Å². The van der Waals surface area contributed by atoms with Crippen molar-refractivity contribution in [3.8, 4) is 0 Å². The minimum absolute atomic E-state index is 0.308. The van der Waals surface area contributed by atoms with Gasteiger partial charge in [0.05, 0.1) is 25.4 Å². The Bertz CT molecular complexity index is 1230. The van der Waals surface area contributed by atoms with Gasteiger partial charge in [0.2, 0.25) is 5.91 Å². The summed E-state index contributed by atoms with van der Waals surface area (Å²) >= 11 is 0. The lowest BCUT2D eigenvalue weighted by molar-refractivity contribution is -0.302. The zero-order chi connectivity index (χ0) is 53.8. The molecule has 7 N–H and O–H groups in total. The molecule has 0 aromatic rings. The minimum atomic E-state index is -1.61. The third-order valence-corrected chi connectivity index (χ3v) is 15.6. The molecule has 0 spiro atoms. The number of carbonyl (C=O) groups is 1. The van der Waals surface area contributed by atoms with Gasteiger partial charge in [0, 0.05) is 0 Å². The molecule has 10 heteroatoms. The maximum Gasteiger partial charge on any atom is 0.249 e. The summed E-state index contributed by atoms with van der Waals surface area (Å²) in [6.07, 6.45) is 59.1. The van der Waals surface area contributed by atoms with Crippen molar-refractivity contribution in [2.24, 2.45) is 0 Å². The largest absolute Gasteiger partial charge is 0.394 e. The van der Waals surface area contributed by atoms with E-state index in [0.717, 1.165) is 38.5 Å². The van der Waals surface area contributed by atoms with Gasteiger partial charge in [-0.1, -0.05) is 308 Å². The van der Waals surface area contributed by atoms with Crippen LogP contribution in [0.3, 0.4) is 0 Å². The van der Waals surface area contributed by atoms with Gasteiger partial charge in [-0.2, -0.15) is 0 Å².